The van der Waals surface area contributed by atoms with Crippen LogP contribution in [0, 0.1) is 5.82 Å². The molecule has 0 unspecified atom stereocenters. The number of hydrogen-bond acceptors (Lipinski definition) is 3. The Labute approximate surface area is 106 Å². The van der Waals surface area contributed by atoms with Gasteiger partial charge in [0, 0.05) is 11.0 Å². The van der Waals surface area contributed by atoms with Crippen molar-refractivity contribution < 1.29 is 22.7 Å². The van der Waals surface area contributed by atoms with Gasteiger partial charge in [0.2, 0.25) is 10.0 Å². The molecule has 94 valence electrons. The molecule has 0 aliphatic heterocycles. The summed E-state index contributed by atoms with van der Waals surface area (Å²) < 4.78 is 38.3. The van der Waals surface area contributed by atoms with Crippen LogP contribution in [0.1, 0.15) is 6.42 Å². The summed E-state index contributed by atoms with van der Waals surface area (Å²) in [5.74, 6) is -1.67. The van der Waals surface area contributed by atoms with E-state index in [4.69, 9.17) is 5.11 Å². The fourth-order valence-corrected chi connectivity index (χ4v) is 3.14. The number of hydrogen-bond donors (Lipinski definition) is 2. The lowest BCUT2D eigenvalue weighted by Gasteiger charge is -2.07. The second-order valence-electron chi connectivity index (χ2n) is 3.12. The fraction of sp³-hybridized carbons (Fsp3) is 0.222. The van der Waals surface area contributed by atoms with E-state index in [2.05, 4.69) is 20.7 Å². The number of nitrogens with one attached hydrogen (secondary N) is 1. The topological polar surface area (TPSA) is 83.5 Å². The Morgan fingerprint density at radius 2 is 2.12 bits per heavy atom. The van der Waals surface area contributed by atoms with Crippen molar-refractivity contribution >= 4 is 31.9 Å². The highest BCUT2D eigenvalue weighted by atomic mass is 79.9. The third kappa shape index (κ3) is 4.06. The van der Waals surface area contributed by atoms with Gasteiger partial charge in [-0.25, -0.2) is 17.5 Å². The third-order valence-corrected chi connectivity index (χ3v) is 4.25. The average molecular weight is 326 g/mol. The Morgan fingerprint density at radius 3 is 2.65 bits per heavy atom. The van der Waals surface area contributed by atoms with Gasteiger partial charge in [-0.1, -0.05) is 0 Å². The van der Waals surface area contributed by atoms with Crippen LogP contribution in [0.5, 0.6) is 0 Å². The zero-order valence-corrected chi connectivity index (χ0v) is 10.9. The minimum Gasteiger partial charge on any atom is -0.481 e. The Hall–Kier alpha value is -0.990. The third-order valence-electron chi connectivity index (χ3n) is 1.81. The van der Waals surface area contributed by atoms with Gasteiger partial charge >= 0.3 is 5.97 Å². The molecule has 17 heavy (non-hydrogen) atoms. The summed E-state index contributed by atoms with van der Waals surface area (Å²) in [6.07, 6.45) is -0.321. The van der Waals surface area contributed by atoms with Crippen molar-refractivity contribution in [2.24, 2.45) is 0 Å². The van der Waals surface area contributed by atoms with Crippen LogP contribution in [0.25, 0.3) is 0 Å². The smallest absolute Gasteiger partial charge is 0.304 e. The van der Waals surface area contributed by atoms with Gasteiger partial charge in [-0.05, 0) is 34.1 Å². The Kier molecular flexibility index (Phi) is 4.61. The molecule has 2 N–H and O–H groups in total. The van der Waals surface area contributed by atoms with Gasteiger partial charge in [0.25, 0.3) is 0 Å². The molecule has 0 amide bonds. The largest absolute Gasteiger partial charge is 0.481 e. The van der Waals surface area contributed by atoms with Crippen LogP contribution in [-0.2, 0) is 14.8 Å². The number of aliphatic carboxylic acids is 1. The first-order valence-electron chi connectivity index (χ1n) is 4.49. The van der Waals surface area contributed by atoms with Crippen molar-refractivity contribution in [3.05, 3.63) is 28.5 Å². The van der Waals surface area contributed by atoms with E-state index in [0.29, 0.717) is 0 Å². The lowest BCUT2D eigenvalue weighted by atomic mass is 10.3. The molecule has 0 saturated carbocycles. The number of benzene rings is 1. The van der Waals surface area contributed by atoms with Gasteiger partial charge in [-0.15, -0.1) is 0 Å². The highest BCUT2D eigenvalue weighted by Gasteiger charge is 2.17. The van der Waals surface area contributed by atoms with E-state index in [1.54, 1.807) is 0 Å². The van der Waals surface area contributed by atoms with Crippen LogP contribution in [0.4, 0.5) is 4.39 Å². The van der Waals surface area contributed by atoms with E-state index in [-0.39, 0.29) is 22.3 Å². The van der Waals surface area contributed by atoms with E-state index in [1.165, 1.54) is 0 Å². The molecular formula is C9H9BrFNO4S. The molecule has 0 aromatic heterocycles. The summed E-state index contributed by atoms with van der Waals surface area (Å²) in [4.78, 5) is 10.1. The molecule has 0 atom stereocenters. The van der Waals surface area contributed by atoms with Crippen LogP contribution in [0.15, 0.2) is 27.6 Å². The standard InChI is InChI=1S/C9H9BrFNO4S/c10-7-5-6(11)1-2-8(7)17(15,16)12-4-3-9(13)14/h1-2,5,12H,3-4H2,(H,13,14). The Bertz CT molecular complexity index is 532. The van der Waals surface area contributed by atoms with Crippen LogP contribution >= 0.6 is 15.9 Å². The zero-order chi connectivity index (χ0) is 13.1. The van der Waals surface area contributed by atoms with Crippen LogP contribution in [0.3, 0.4) is 0 Å². The van der Waals surface area contributed by atoms with Crippen molar-refractivity contribution in [1.82, 2.24) is 4.72 Å². The quantitative estimate of drug-likeness (QED) is 0.855. The van der Waals surface area contributed by atoms with Crippen LogP contribution in [0.2, 0.25) is 0 Å². The number of carboxylic acid groups (broad SMARTS) is 1. The number of halogens is 2. The fourth-order valence-electron chi connectivity index (χ4n) is 1.06. The summed E-state index contributed by atoms with van der Waals surface area (Å²) in [5.41, 5.74) is 0. The first kappa shape index (κ1) is 14.1. The van der Waals surface area contributed by atoms with E-state index < -0.39 is 21.8 Å². The predicted octanol–water partition coefficient (Wildman–Crippen LogP) is 1.34. The van der Waals surface area contributed by atoms with E-state index in [9.17, 15) is 17.6 Å². The Balaban J connectivity index is 2.86. The highest BCUT2D eigenvalue weighted by Crippen LogP contribution is 2.22. The SMILES string of the molecule is O=C(O)CCNS(=O)(=O)c1ccc(F)cc1Br. The number of sulfonamides is 1. The maximum Gasteiger partial charge on any atom is 0.304 e. The van der Waals surface area contributed by atoms with Gasteiger partial charge in [0.1, 0.15) is 5.82 Å². The molecular weight excluding hydrogens is 317 g/mol. The molecule has 5 nitrogen and oxygen atoms in total. The molecule has 0 spiro atoms. The molecule has 1 rings (SSSR count). The van der Waals surface area contributed by atoms with Crippen molar-refractivity contribution in [3.63, 3.8) is 0 Å². The van der Waals surface area contributed by atoms with Crippen LogP contribution in [-0.4, -0.2) is 26.0 Å². The zero-order valence-electron chi connectivity index (χ0n) is 8.48. The monoisotopic (exact) mass is 325 g/mol. The summed E-state index contributed by atoms with van der Waals surface area (Å²) >= 11 is 2.93. The maximum atomic E-state index is 12.8. The maximum absolute atomic E-state index is 12.8. The molecule has 1 aromatic carbocycles. The van der Waals surface area contributed by atoms with Crippen molar-refractivity contribution in [2.75, 3.05) is 6.54 Å². The minimum absolute atomic E-state index is 0.0836. The van der Waals surface area contributed by atoms with Crippen molar-refractivity contribution in [2.45, 2.75) is 11.3 Å². The number of carbonyl (C=O) groups is 1. The van der Waals surface area contributed by atoms with Gasteiger partial charge in [-0.3, -0.25) is 4.79 Å². The molecule has 0 saturated heterocycles. The summed E-state index contributed by atoms with van der Waals surface area (Å²) in [6, 6.07) is 3.13. The van der Waals surface area contributed by atoms with Crippen LogP contribution < -0.4 is 4.72 Å². The first-order valence-corrected chi connectivity index (χ1v) is 6.77. The van der Waals surface area contributed by atoms with Gasteiger partial charge in [0.05, 0.1) is 11.3 Å². The van der Waals surface area contributed by atoms with Crippen molar-refractivity contribution in [3.8, 4) is 0 Å². The normalized spacial score (nSPS) is 11.4. The molecule has 8 heteroatoms. The number of rotatable bonds is 5. The highest BCUT2D eigenvalue weighted by molar-refractivity contribution is 9.10. The summed E-state index contributed by atoms with van der Waals surface area (Å²) in [7, 11) is -3.83. The summed E-state index contributed by atoms with van der Waals surface area (Å²) in [6.45, 7) is -0.221. The van der Waals surface area contributed by atoms with E-state index >= 15 is 0 Å². The number of carboxylic acids is 1. The van der Waals surface area contributed by atoms with E-state index in [0.717, 1.165) is 18.2 Å². The minimum atomic E-state index is -3.83. The molecule has 0 aliphatic rings. The second kappa shape index (κ2) is 5.56. The lowest BCUT2D eigenvalue weighted by molar-refractivity contribution is -0.136. The molecule has 0 bridgehead atoms. The first-order chi connectivity index (χ1) is 7.83. The lowest BCUT2D eigenvalue weighted by Crippen LogP contribution is -2.26. The van der Waals surface area contributed by atoms with Gasteiger partial charge < -0.3 is 5.11 Å². The van der Waals surface area contributed by atoms with Crippen molar-refractivity contribution in [1.29, 1.82) is 0 Å². The van der Waals surface area contributed by atoms with Gasteiger partial charge in [-0.2, -0.15) is 0 Å². The molecule has 0 radical (unpaired) electrons. The molecule has 1 aromatic rings. The molecule has 0 fully saturated rings. The molecule has 0 heterocycles. The summed E-state index contributed by atoms with van der Waals surface area (Å²) in [5, 5.41) is 8.38. The van der Waals surface area contributed by atoms with Gasteiger partial charge in [0.15, 0.2) is 0 Å². The predicted molar refractivity (Wildman–Crippen MR) is 61.5 cm³/mol. The van der Waals surface area contributed by atoms with E-state index in [1.807, 2.05) is 0 Å². The second-order valence-corrected chi connectivity index (χ2v) is 5.71. The molecule has 0 aliphatic carbocycles. The Morgan fingerprint density at radius 1 is 1.47 bits per heavy atom. The average Bonchev–Trinajstić information content (AvgIpc) is 2.15.